The number of ether oxygens (including phenoxy) is 1. The SMILES string of the molecule is COC(=O)c1ccc(NC(=O)c2nc3cc(C)c(C)cc3n(C[C@H](O)[C@H](O)[C@H](O)CO)c2=O)cc1. The predicted octanol–water partition coefficient (Wildman–Crippen LogP) is 0.127. The van der Waals surface area contributed by atoms with Gasteiger partial charge in [-0.05, 0) is 61.4 Å². The van der Waals surface area contributed by atoms with E-state index in [1.165, 1.54) is 31.4 Å². The molecule has 35 heavy (non-hydrogen) atoms. The molecule has 5 N–H and O–H groups in total. The van der Waals surface area contributed by atoms with Crippen molar-refractivity contribution in [2.24, 2.45) is 0 Å². The number of fused-ring (bicyclic) bond motifs is 1. The molecule has 0 spiro atoms. The molecule has 11 heteroatoms. The van der Waals surface area contributed by atoms with Gasteiger partial charge in [0, 0.05) is 5.69 Å². The minimum absolute atomic E-state index is 0.278. The maximum absolute atomic E-state index is 13.3. The average molecular weight is 485 g/mol. The van der Waals surface area contributed by atoms with Gasteiger partial charge in [-0.3, -0.25) is 9.59 Å². The number of anilines is 1. The third kappa shape index (κ3) is 5.54. The summed E-state index contributed by atoms with van der Waals surface area (Å²) in [7, 11) is 1.25. The number of esters is 1. The topological polar surface area (TPSA) is 171 Å². The van der Waals surface area contributed by atoms with Crippen LogP contribution >= 0.6 is 0 Å². The zero-order chi connectivity index (χ0) is 25.9. The van der Waals surface area contributed by atoms with E-state index in [4.69, 9.17) is 5.11 Å². The lowest BCUT2D eigenvalue weighted by Crippen LogP contribution is -2.44. The Morgan fingerprint density at radius 3 is 2.29 bits per heavy atom. The van der Waals surface area contributed by atoms with E-state index >= 15 is 0 Å². The van der Waals surface area contributed by atoms with Gasteiger partial charge in [-0.15, -0.1) is 0 Å². The normalized spacial score (nSPS) is 13.8. The monoisotopic (exact) mass is 485 g/mol. The molecule has 1 aromatic heterocycles. The molecule has 0 aliphatic carbocycles. The summed E-state index contributed by atoms with van der Waals surface area (Å²) in [5.41, 5.74) is 1.62. The highest BCUT2D eigenvalue weighted by Crippen LogP contribution is 2.19. The zero-order valence-corrected chi connectivity index (χ0v) is 19.4. The third-order valence-corrected chi connectivity index (χ3v) is 5.69. The number of hydrogen-bond acceptors (Lipinski definition) is 9. The number of aromatic nitrogens is 2. The van der Waals surface area contributed by atoms with Crippen LogP contribution in [0.15, 0.2) is 41.2 Å². The summed E-state index contributed by atoms with van der Waals surface area (Å²) >= 11 is 0. The number of methoxy groups -OCH3 is 1. The standard InChI is InChI=1S/C24H27N3O8/c1-12-8-16-17(9-13(12)2)27(10-18(29)21(31)19(30)11-28)23(33)20(26-16)22(32)25-15-6-4-14(5-7-15)24(34)35-3/h4-9,18-19,21,28-31H,10-11H2,1-3H3,(H,25,32)/t18-,19+,21-/m0/s1. The van der Waals surface area contributed by atoms with Gasteiger partial charge >= 0.3 is 5.97 Å². The summed E-state index contributed by atoms with van der Waals surface area (Å²) in [5, 5.41) is 41.7. The van der Waals surface area contributed by atoms with Crippen LogP contribution in [0.5, 0.6) is 0 Å². The fourth-order valence-corrected chi connectivity index (χ4v) is 3.48. The highest BCUT2D eigenvalue weighted by Gasteiger charge is 2.27. The summed E-state index contributed by atoms with van der Waals surface area (Å²) in [4.78, 5) is 42.1. The minimum Gasteiger partial charge on any atom is -0.465 e. The van der Waals surface area contributed by atoms with E-state index in [2.05, 4.69) is 15.0 Å². The van der Waals surface area contributed by atoms with E-state index in [0.29, 0.717) is 16.7 Å². The lowest BCUT2D eigenvalue weighted by atomic mass is 10.1. The summed E-state index contributed by atoms with van der Waals surface area (Å²) in [6, 6.07) is 9.19. The number of nitrogens with zero attached hydrogens (tertiary/aromatic N) is 2. The van der Waals surface area contributed by atoms with E-state index in [0.717, 1.165) is 15.7 Å². The number of aliphatic hydroxyl groups excluding tert-OH is 4. The van der Waals surface area contributed by atoms with E-state index in [9.17, 15) is 29.7 Å². The molecule has 0 fully saturated rings. The highest BCUT2D eigenvalue weighted by atomic mass is 16.5. The van der Waals surface area contributed by atoms with E-state index < -0.39 is 54.6 Å². The summed E-state index contributed by atoms with van der Waals surface area (Å²) in [6.07, 6.45) is -4.97. The smallest absolute Gasteiger partial charge is 0.337 e. The van der Waals surface area contributed by atoms with Crippen LogP contribution in [-0.4, -0.2) is 73.9 Å². The first-order valence-electron chi connectivity index (χ1n) is 10.7. The van der Waals surface area contributed by atoms with E-state index in [-0.39, 0.29) is 5.56 Å². The molecule has 0 saturated heterocycles. The lowest BCUT2D eigenvalue weighted by molar-refractivity contribution is -0.0805. The van der Waals surface area contributed by atoms with Gasteiger partial charge in [-0.1, -0.05) is 0 Å². The molecular formula is C24H27N3O8. The quantitative estimate of drug-likeness (QED) is 0.278. The summed E-state index contributed by atoms with van der Waals surface area (Å²) < 4.78 is 5.74. The van der Waals surface area contributed by atoms with Crippen molar-refractivity contribution in [1.82, 2.24) is 9.55 Å². The fraction of sp³-hybridized carbons (Fsp3) is 0.333. The number of carbonyl (C=O) groups excluding carboxylic acids is 2. The van der Waals surface area contributed by atoms with Crippen molar-refractivity contribution in [1.29, 1.82) is 0 Å². The zero-order valence-electron chi connectivity index (χ0n) is 19.4. The first-order chi connectivity index (χ1) is 16.6. The van der Waals surface area contributed by atoms with Gasteiger partial charge < -0.3 is 35.0 Å². The van der Waals surface area contributed by atoms with Crippen molar-refractivity contribution in [2.75, 3.05) is 19.0 Å². The van der Waals surface area contributed by atoms with Gasteiger partial charge in [0.25, 0.3) is 11.5 Å². The fourth-order valence-electron chi connectivity index (χ4n) is 3.48. The molecule has 0 bridgehead atoms. The van der Waals surface area contributed by atoms with Crippen LogP contribution in [0.3, 0.4) is 0 Å². The predicted molar refractivity (Wildman–Crippen MR) is 126 cm³/mol. The van der Waals surface area contributed by atoms with Gasteiger partial charge in [-0.2, -0.15) is 0 Å². The molecule has 0 unspecified atom stereocenters. The summed E-state index contributed by atoms with van der Waals surface area (Å²) in [5.74, 6) is -1.36. The Morgan fingerprint density at radius 2 is 1.69 bits per heavy atom. The number of hydrogen-bond donors (Lipinski definition) is 5. The molecule has 3 rings (SSSR count). The van der Waals surface area contributed by atoms with Crippen molar-refractivity contribution in [2.45, 2.75) is 38.7 Å². The van der Waals surface area contributed by atoms with Crippen LogP contribution in [0.4, 0.5) is 5.69 Å². The van der Waals surface area contributed by atoms with Crippen molar-refractivity contribution >= 4 is 28.6 Å². The Hall–Kier alpha value is -3.64. The first-order valence-corrected chi connectivity index (χ1v) is 10.7. The number of nitrogens with one attached hydrogen (secondary N) is 1. The van der Waals surface area contributed by atoms with Crippen molar-refractivity contribution in [3.8, 4) is 0 Å². The molecular weight excluding hydrogens is 458 g/mol. The van der Waals surface area contributed by atoms with Crippen molar-refractivity contribution in [3.05, 3.63) is 69.1 Å². The molecule has 0 aliphatic rings. The lowest BCUT2D eigenvalue weighted by Gasteiger charge is -2.23. The van der Waals surface area contributed by atoms with Crippen molar-refractivity contribution < 1.29 is 34.8 Å². The Balaban J connectivity index is 2.03. The number of aliphatic hydroxyl groups is 4. The minimum atomic E-state index is -1.73. The van der Waals surface area contributed by atoms with Gasteiger partial charge in [0.1, 0.15) is 18.3 Å². The van der Waals surface area contributed by atoms with Crippen LogP contribution in [-0.2, 0) is 11.3 Å². The third-order valence-electron chi connectivity index (χ3n) is 5.69. The molecule has 0 radical (unpaired) electrons. The van der Waals surface area contributed by atoms with Crippen LogP contribution in [0, 0.1) is 13.8 Å². The number of amides is 1. The van der Waals surface area contributed by atoms with E-state index in [1.54, 1.807) is 12.1 Å². The number of benzene rings is 2. The molecule has 11 nitrogen and oxygen atoms in total. The van der Waals surface area contributed by atoms with Crippen LogP contribution < -0.4 is 10.9 Å². The molecule has 3 aromatic rings. The van der Waals surface area contributed by atoms with Crippen LogP contribution in [0.2, 0.25) is 0 Å². The van der Waals surface area contributed by atoms with Gasteiger partial charge in [-0.25, -0.2) is 9.78 Å². The number of aryl methyl sites for hydroxylation is 2. The van der Waals surface area contributed by atoms with Crippen molar-refractivity contribution in [3.63, 3.8) is 0 Å². The molecule has 1 amide bonds. The Kier molecular flexibility index (Phi) is 7.97. The maximum Gasteiger partial charge on any atom is 0.337 e. The highest BCUT2D eigenvalue weighted by molar-refractivity contribution is 6.03. The van der Waals surface area contributed by atoms with Gasteiger partial charge in [0.05, 0.1) is 36.9 Å². The average Bonchev–Trinajstić information content (AvgIpc) is 2.85. The molecule has 1 heterocycles. The first kappa shape index (κ1) is 26.0. The molecule has 2 aromatic carbocycles. The number of carbonyl (C=O) groups is 2. The van der Waals surface area contributed by atoms with Crippen LogP contribution in [0.1, 0.15) is 32.0 Å². The molecule has 3 atom stereocenters. The second kappa shape index (κ2) is 10.7. The molecule has 186 valence electrons. The maximum atomic E-state index is 13.3. The Bertz CT molecular complexity index is 1300. The number of rotatable bonds is 8. The largest absolute Gasteiger partial charge is 0.465 e. The molecule has 0 saturated carbocycles. The second-order valence-electron chi connectivity index (χ2n) is 8.13. The second-order valence-corrected chi connectivity index (χ2v) is 8.13. The Labute approximate surface area is 200 Å². The Morgan fingerprint density at radius 1 is 1.06 bits per heavy atom. The molecule has 0 aliphatic heterocycles. The summed E-state index contributed by atoms with van der Waals surface area (Å²) in [6.45, 7) is 2.41. The van der Waals surface area contributed by atoms with Gasteiger partial charge in [0.15, 0.2) is 5.69 Å². The van der Waals surface area contributed by atoms with Gasteiger partial charge in [0.2, 0.25) is 0 Å². The van der Waals surface area contributed by atoms with Crippen LogP contribution in [0.25, 0.3) is 11.0 Å². The van der Waals surface area contributed by atoms with E-state index in [1.807, 2.05) is 13.8 Å².